The van der Waals surface area contributed by atoms with Gasteiger partial charge in [-0.25, -0.2) is 0 Å². The second-order valence-electron chi connectivity index (χ2n) is 2.90. The molecule has 4 nitrogen and oxygen atoms in total. The number of nitrogens with zero attached hydrogens (tertiary/aromatic N) is 2. The molecule has 0 aliphatic heterocycles. The molecule has 1 aromatic rings. The molecule has 72 valence electrons. The summed E-state index contributed by atoms with van der Waals surface area (Å²) >= 11 is 0. The van der Waals surface area contributed by atoms with Crippen LogP contribution in [-0.2, 0) is 4.79 Å². The first-order chi connectivity index (χ1) is 6.74. The molecule has 0 radical (unpaired) electrons. The molecule has 1 atom stereocenters. The largest absolute Gasteiger partial charge is 0.349 e. The molecule has 1 N–H and O–H groups in total. The van der Waals surface area contributed by atoms with E-state index in [-0.39, 0.29) is 18.4 Å². The van der Waals surface area contributed by atoms with Crippen molar-refractivity contribution in [3.63, 3.8) is 0 Å². The van der Waals surface area contributed by atoms with Crippen molar-refractivity contribution in [2.24, 2.45) is 0 Å². The Balaban J connectivity index is 2.56. The molecule has 0 aromatic carbocycles. The van der Waals surface area contributed by atoms with E-state index in [4.69, 9.17) is 5.26 Å². The second kappa shape index (κ2) is 4.97. The number of rotatable bonds is 3. The third kappa shape index (κ3) is 2.87. The molecule has 0 spiro atoms. The maximum atomic E-state index is 11.1. The van der Waals surface area contributed by atoms with Crippen LogP contribution < -0.4 is 5.32 Å². The van der Waals surface area contributed by atoms with Crippen LogP contribution in [0.1, 0.15) is 24.9 Å². The number of hydrogen-bond donors (Lipinski definition) is 1. The minimum atomic E-state index is -0.253. The van der Waals surface area contributed by atoms with Crippen LogP contribution in [0.3, 0.4) is 0 Å². The van der Waals surface area contributed by atoms with Crippen LogP contribution in [0.4, 0.5) is 0 Å². The van der Waals surface area contributed by atoms with Crippen LogP contribution in [0, 0.1) is 11.3 Å². The number of pyridine rings is 1. The molecule has 0 bridgehead atoms. The van der Waals surface area contributed by atoms with Crippen molar-refractivity contribution in [3.05, 3.63) is 30.1 Å². The number of amides is 1. The normalized spacial score (nSPS) is 11.4. The highest BCUT2D eigenvalue weighted by Crippen LogP contribution is 2.09. The van der Waals surface area contributed by atoms with Gasteiger partial charge in [0.1, 0.15) is 6.42 Å². The smallest absolute Gasteiger partial charge is 0.234 e. The summed E-state index contributed by atoms with van der Waals surface area (Å²) < 4.78 is 0. The summed E-state index contributed by atoms with van der Waals surface area (Å²) in [5, 5.41) is 11.0. The van der Waals surface area contributed by atoms with E-state index in [1.54, 1.807) is 18.5 Å². The zero-order valence-corrected chi connectivity index (χ0v) is 7.90. The molecule has 14 heavy (non-hydrogen) atoms. The summed E-state index contributed by atoms with van der Waals surface area (Å²) in [6.07, 6.45) is 3.24. The number of nitriles is 1. The van der Waals surface area contributed by atoms with Crippen molar-refractivity contribution < 1.29 is 4.79 Å². The number of carbonyl (C=O) groups is 1. The van der Waals surface area contributed by atoms with Crippen LogP contribution in [0.5, 0.6) is 0 Å². The molecule has 1 rings (SSSR count). The zero-order chi connectivity index (χ0) is 10.4. The fourth-order valence-corrected chi connectivity index (χ4v) is 1.10. The summed E-state index contributed by atoms with van der Waals surface area (Å²) in [6.45, 7) is 1.87. The van der Waals surface area contributed by atoms with Gasteiger partial charge in [-0.05, 0) is 24.6 Å². The van der Waals surface area contributed by atoms with Crippen molar-refractivity contribution >= 4 is 5.91 Å². The molecule has 1 heterocycles. The Morgan fingerprint density at radius 1 is 1.64 bits per heavy atom. The van der Waals surface area contributed by atoms with E-state index >= 15 is 0 Å². The van der Waals surface area contributed by atoms with Gasteiger partial charge in [0.2, 0.25) is 5.91 Å². The van der Waals surface area contributed by atoms with Crippen molar-refractivity contribution in [1.29, 1.82) is 5.26 Å². The van der Waals surface area contributed by atoms with Gasteiger partial charge >= 0.3 is 0 Å². The monoisotopic (exact) mass is 189 g/mol. The van der Waals surface area contributed by atoms with Crippen molar-refractivity contribution in [1.82, 2.24) is 10.3 Å². The Hall–Kier alpha value is -1.89. The van der Waals surface area contributed by atoms with E-state index in [0.29, 0.717) is 0 Å². The van der Waals surface area contributed by atoms with E-state index in [2.05, 4.69) is 10.3 Å². The van der Waals surface area contributed by atoms with Crippen LogP contribution in [-0.4, -0.2) is 10.9 Å². The zero-order valence-electron chi connectivity index (χ0n) is 7.90. The number of hydrogen-bond acceptors (Lipinski definition) is 3. The molecule has 1 amide bonds. The Labute approximate surface area is 82.6 Å². The van der Waals surface area contributed by atoms with Crippen molar-refractivity contribution in [3.8, 4) is 6.07 Å². The number of aromatic nitrogens is 1. The van der Waals surface area contributed by atoms with E-state index in [1.807, 2.05) is 19.1 Å². The minimum Gasteiger partial charge on any atom is -0.349 e. The topological polar surface area (TPSA) is 65.8 Å². The van der Waals surface area contributed by atoms with Gasteiger partial charge in [0, 0.05) is 12.4 Å². The lowest BCUT2D eigenvalue weighted by Crippen LogP contribution is -2.25. The first-order valence-corrected chi connectivity index (χ1v) is 4.30. The van der Waals surface area contributed by atoms with Crippen LogP contribution in [0.15, 0.2) is 24.5 Å². The maximum absolute atomic E-state index is 11.1. The van der Waals surface area contributed by atoms with E-state index in [0.717, 1.165) is 5.56 Å². The van der Waals surface area contributed by atoms with Gasteiger partial charge in [-0.1, -0.05) is 0 Å². The summed E-state index contributed by atoms with van der Waals surface area (Å²) in [5.41, 5.74) is 0.978. The lowest BCUT2D eigenvalue weighted by Gasteiger charge is -2.12. The molecule has 0 saturated heterocycles. The summed E-state index contributed by atoms with van der Waals surface area (Å²) in [5.74, 6) is -0.253. The van der Waals surface area contributed by atoms with Crippen LogP contribution in [0.25, 0.3) is 0 Å². The quantitative estimate of drug-likeness (QED) is 0.776. The highest BCUT2D eigenvalue weighted by molar-refractivity contribution is 5.78. The fourth-order valence-electron chi connectivity index (χ4n) is 1.10. The molecule has 4 heteroatoms. The van der Waals surface area contributed by atoms with Crippen LogP contribution >= 0.6 is 0 Å². The predicted octanol–water partition coefficient (Wildman–Crippen LogP) is 1.17. The Bertz CT molecular complexity index is 342. The van der Waals surface area contributed by atoms with E-state index in [1.165, 1.54) is 0 Å². The first-order valence-electron chi connectivity index (χ1n) is 4.30. The molecule has 1 aromatic heterocycles. The van der Waals surface area contributed by atoms with Gasteiger partial charge in [-0.15, -0.1) is 0 Å². The third-order valence-electron chi connectivity index (χ3n) is 1.82. The lowest BCUT2D eigenvalue weighted by atomic mass is 10.1. The van der Waals surface area contributed by atoms with Crippen molar-refractivity contribution in [2.45, 2.75) is 19.4 Å². The molecular weight excluding hydrogens is 178 g/mol. The van der Waals surface area contributed by atoms with Gasteiger partial charge in [0.15, 0.2) is 0 Å². The minimum absolute atomic E-state index is 0.0844. The molecule has 0 saturated carbocycles. The summed E-state index contributed by atoms with van der Waals surface area (Å²) in [7, 11) is 0. The highest BCUT2D eigenvalue weighted by Gasteiger charge is 2.07. The number of nitrogens with one attached hydrogen (secondary N) is 1. The van der Waals surface area contributed by atoms with Gasteiger partial charge in [-0.2, -0.15) is 5.26 Å². The summed E-state index contributed by atoms with van der Waals surface area (Å²) in [6, 6.07) is 5.38. The van der Waals surface area contributed by atoms with Gasteiger partial charge in [0.25, 0.3) is 0 Å². The molecule has 0 fully saturated rings. The van der Waals surface area contributed by atoms with Gasteiger partial charge in [0.05, 0.1) is 12.1 Å². The SMILES string of the molecule is CC(NC(=O)CC#N)c1ccncc1. The highest BCUT2D eigenvalue weighted by atomic mass is 16.1. The molecule has 0 aliphatic rings. The molecular formula is C10H11N3O. The molecule has 0 aliphatic carbocycles. The second-order valence-corrected chi connectivity index (χ2v) is 2.90. The Kier molecular flexibility index (Phi) is 3.62. The number of carbonyl (C=O) groups excluding carboxylic acids is 1. The average molecular weight is 189 g/mol. The van der Waals surface area contributed by atoms with E-state index < -0.39 is 0 Å². The van der Waals surface area contributed by atoms with Gasteiger partial charge in [-0.3, -0.25) is 9.78 Å². The predicted molar refractivity (Wildman–Crippen MR) is 51.0 cm³/mol. The Morgan fingerprint density at radius 2 is 2.29 bits per heavy atom. The Morgan fingerprint density at radius 3 is 2.86 bits per heavy atom. The average Bonchev–Trinajstić information content (AvgIpc) is 2.19. The van der Waals surface area contributed by atoms with E-state index in [9.17, 15) is 4.79 Å². The maximum Gasteiger partial charge on any atom is 0.234 e. The fraction of sp³-hybridized carbons (Fsp3) is 0.300. The summed E-state index contributed by atoms with van der Waals surface area (Å²) in [4.78, 5) is 15.0. The molecule has 1 unspecified atom stereocenters. The lowest BCUT2D eigenvalue weighted by molar-refractivity contribution is -0.120. The van der Waals surface area contributed by atoms with Crippen LogP contribution in [0.2, 0.25) is 0 Å². The third-order valence-corrected chi connectivity index (χ3v) is 1.82. The standard InChI is InChI=1S/C10H11N3O/c1-8(13-10(14)2-5-11)9-3-6-12-7-4-9/h3-4,6-8H,2H2,1H3,(H,13,14). The van der Waals surface area contributed by atoms with Crippen molar-refractivity contribution in [2.75, 3.05) is 0 Å². The first kappa shape index (κ1) is 10.2. The van der Waals surface area contributed by atoms with Gasteiger partial charge < -0.3 is 5.32 Å².